The second-order valence-corrected chi connectivity index (χ2v) is 36.0. The number of sulfonamides is 2. The van der Waals surface area contributed by atoms with Crippen LogP contribution in [0.15, 0.2) is 165 Å². The minimum absolute atomic E-state index is 0.00235. The Morgan fingerprint density at radius 1 is 0.365 bits per heavy atom. The molecule has 1 aliphatic carbocycles. The van der Waals surface area contributed by atoms with Gasteiger partial charge in [0, 0.05) is 166 Å². The molecule has 1 saturated carbocycles. The summed E-state index contributed by atoms with van der Waals surface area (Å²) in [5.41, 5.74) is 7.10. The molecule has 4 aromatic carbocycles. The number of rotatable bonds is 28. The molecule has 13 rings (SSSR count). The highest BCUT2D eigenvalue weighted by molar-refractivity contribution is 7.90. The van der Waals surface area contributed by atoms with Gasteiger partial charge >= 0.3 is 6.09 Å². The molecule has 5 aliphatic rings. The van der Waals surface area contributed by atoms with E-state index in [9.17, 15) is 84.0 Å². The fourth-order valence-corrected chi connectivity index (χ4v) is 16.3. The molecule has 0 radical (unpaired) electrons. The van der Waals surface area contributed by atoms with E-state index >= 15 is 0 Å². The van der Waals surface area contributed by atoms with Gasteiger partial charge in [-0.2, -0.15) is 0 Å². The van der Waals surface area contributed by atoms with Crippen molar-refractivity contribution in [3.05, 3.63) is 277 Å². The van der Waals surface area contributed by atoms with Gasteiger partial charge in [-0.15, -0.1) is 0 Å². The quantitative estimate of drug-likeness (QED) is 0.0537. The number of carbonyl (C=O) groups is 10. The van der Waals surface area contributed by atoms with Crippen LogP contribution in [-0.2, 0) is 81.9 Å². The van der Waals surface area contributed by atoms with E-state index < -0.39 is 72.0 Å². The van der Waals surface area contributed by atoms with Crippen LogP contribution in [-0.4, -0.2) is 257 Å². The number of hydrogen-bond acceptors (Lipinski definition) is 19. The molecule has 1 fully saturated rings. The summed E-state index contributed by atoms with van der Waals surface area (Å²) < 4.78 is 60.9. The van der Waals surface area contributed by atoms with E-state index in [1.807, 2.05) is 125 Å². The lowest BCUT2D eigenvalue weighted by Gasteiger charge is -2.31. The fraction of sp³-hybridized carbons (Fsp3) is 0.393. The highest BCUT2D eigenvalue weighted by atomic mass is 32.2. The maximum Gasteiger partial charge on any atom is 0.409 e. The number of ether oxygens (including phenoxy) is 1. The van der Waals surface area contributed by atoms with E-state index in [1.165, 1.54) is 118 Å². The van der Waals surface area contributed by atoms with E-state index in [0.29, 0.717) is 84.8 Å². The van der Waals surface area contributed by atoms with Crippen molar-refractivity contribution in [3.8, 4) is 0 Å². The number of pyridine rings is 4. The third-order valence-electron chi connectivity index (χ3n) is 22.4. The zero-order valence-electron chi connectivity index (χ0n) is 72.6. The number of likely N-dealkylation sites (N-methyl/N-ethyl adjacent to an activating group) is 4. The maximum atomic E-state index is 12.9. The zero-order chi connectivity index (χ0) is 91.6. The van der Waals surface area contributed by atoms with Crippen molar-refractivity contribution < 1.29 is 69.5 Å². The number of nitrogens with zero attached hydrogens (tertiary/aromatic N) is 12. The molecule has 37 heteroatoms. The van der Waals surface area contributed by atoms with Crippen LogP contribution in [0.4, 0.5) is 4.79 Å². The minimum atomic E-state index is -3.33. The number of aromatic nitrogens is 4. The Morgan fingerprint density at radius 2 is 0.619 bits per heavy atom. The first kappa shape index (κ1) is 95.2. The monoisotopic (exact) mass is 1770 g/mol. The highest BCUT2D eigenvalue weighted by Gasteiger charge is 2.40. The molecule has 10 amide bonds. The summed E-state index contributed by atoms with van der Waals surface area (Å²) in [4.78, 5) is 185. The van der Waals surface area contributed by atoms with E-state index in [-0.39, 0.29) is 144 Å². The van der Waals surface area contributed by atoms with E-state index in [1.54, 1.807) is 35.7 Å². The summed E-state index contributed by atoms with van der Waals surface area (Å²) in [5, 5.41) is 10.7. The smallest absolute Gasteiger partial charge is 0.409 e. The van der Waals surface area contributed by atoms with Crippen molar-refractivity contribution in [3.63, 3.8) is 0 Å². The normalized spacial score (nSPS) is 14.0. The summed E-state index contributed by atoms with van der Waals surface area (Å²) in [6.45, 7) is 16.7. The van der Waals surface area contributed by atoms with Gasteiger partial charge in [0.25, 0.3) is 69.5 Å². The molecule has 126 heavy (non-hydrogen) atoms. The Hall–Kier alpha value is -13.0. The largest absolute Gasteiger partial charge is 0.453 e. The third kappa shape index (κ3) is 23.9. The second kappa shape index (κ2) is 42.6. The van der Waals surface area contributed by atoms with E-state index in [0.717, 1.165) is 44.5 Å². The second-order valence-electron chi connectivity index (χ2n) is 31.3. The van der Waals surface area contributed by atoms with Gasteiger partial charge in [-0.3, -0.25) is 62.3 Å². The van der Waals surface area contributed by atoms with Gasteiger partial charge in [0.15, 0.2) is 0 Å². The molecular formula is C89H108N16O19S2. The van der Waals surface area contributed by atoms with E-state index in [2.05, 4.69) is 26.0 Å². The molecule has 0 unspecified atom stereocenters. The first-order valence-corrected chi connectivity index (χ1v) is 44.4. The van der Waals surface area contributed by atoms with Gasteiger partial charge in [-0.25, -0.2) is 30.2 Å². The number of aryl methyl sites for hydroxylation is 4. The summed E-state index contributed by atoms with van der Waals surface area (Å²) >= 11 is 0. The lowest BCUT2D eigenvalue weighted by Crippen LogP contribution is -2.48. The minimum Gasteiger partial charge on any atom is -0.453 e. The number of hydrogen-bond donors (Lipinski definition) is 4. The van der Waals surface area contributed by atoms with Crippen LogP contribution in [0.3, 0.4) is 0 Å². The number of amides is 10. The van der Waals surface area contributed by atoms with Crippen molar-refractivity contribution in [1.82, 2.24) is 77.5 Å². The lowest BCUT2D eigenvalue weighted by atomic mass is 10.1. The van der Waals surface area contributed by atoms with Crippen molar-refractivity contribution in [1.29, 1.82) is 0 Å². The zero-order valence-corrected chi connectivity index (χ0v) is 74.3. The van der Waals surface area contributed by atoms with Crippen molar-refractivity contribution >= 4 is 79.3 Å². The van der Waals surface area contributed by atoms with Crippen LogP contribution in [0.5, 0.6) is 0 Å². The Balaban J connectivity index is 0.000000175. The van der Waals surface area contributed by atoms with Gasteiger partial charge < -0.3 is 73.7 Å². The van der Waals surface area contributed by atoms with Gasteiger partial charge in [-0.05, 0) is 118 Å². The average Bonchev–Trinajstić information content (AvgIpc) is 1.28. The third-order valence-corrected chi connectivity index (χ3v) is 26.6. The molecule has 0 spiro atoms. The molecule has 0 bridgehead atoms. The van der Waals surface area contributed by atoms with Crippen LogP contribution in [0.1, 0.15) is 155 Å². The van der Waals surface area contributed by atoms with Crippen molar-refractivity contribution in [2.75, 3.05) is 120 Å². The molecule has 670 valence electrons. The SMILES string of the molecule is CC(=O)N(C)CCN1CCn2c(ccc(C(=O)NCc3ccc(C)cc3)c2=O)C1=O.CCS(=O)(=O)N(C)CCN1CCn2c(ccc(C(=O)NCc3ccc(C)cc3)c2=O)C1=O.COC(=O)N(C)CCN1CCn2c(ccc(C(=O)NCc3ccc(C)cc3)c2=O)C1=O.Cc1ccc(CNC(=O)c2ccc3n(c2=O)CCN(CCN(C)S(=O)(=O)C2CC2)C3=O)cc1. The van der Waals surface area contributed by atoms with Crippen LogP contribution in [0, 0.1) is 27.7 Å². The number of carbonyl (C=O) groups excluding carboxylic acids is 10. The number of nitrogens with one attached hydrogen (secondary N) is 4. The Bertz CT molecular complexity index is 5910. The Kier molecular flexibility index (Phi) is 32.2. The molecule has 0 atom stereocenters. The highest BCUT2D eigenvalue weighted by Crippen LogP contribution is 2.30. The molecule has 8 aromatic rings. The predicted molar refractivity (Wildman–Crippen MR) is 471 cm³/mol. The summed E-state index contributed by atoms with van der Waals surface area (Å²) in [6, 6.07) is 42.5. The van der Waals surface area contributed by atoms with Gasteiger partial charge in [0.05, 0.1) is 18.1 Å². The Labute approximate surface area is 730 Å². The van der Waals surface area contributed by atoms with Crippen LogP contribution >= 0.6 is 0 Å². The van der Waals surface area contributed by atoms with Crippen LogP contribution < -0.4 is 43.5 Å². The number of benzene rings is 4. The Morgan fingerprint density at radius 3 is 0.865 bits per heavy atom. The fourth-order valence-electron chi connectivity index (χ4n) is 13.9. The molecular weight excluding hydrogens is 1660 g/mol. The molecule has 35 nitrogen and oxygen atoms in total. The van der Waals surface area contributed by atoms with Crippen molar-refractivity contribution in [2.45, 2.75) is 112 Å². The first-order chi connectivity index (χ1) is 59.9. The van der Waals surface area contributed by atoms with E-state index in [4.69, 9.17) is 0 Å². The van der Waals surface area contributed by atoms with Crippen LogP contribution in [0.25, 0.3) is 0 Å². The van der Waals surface area contributed by atoms with Crippen LogP contribution in [0.2, 0.25) is 0 Å². The number of fused-ring (bicyclic) bond motifs is 4. The standard InChI is InChI=1S/C23H28N4O5S.C22H28N4O5S.C22H26N4O5.C22H26N4O4/c1-16-3-5-17(6-4-16)15-24-21(28)19-9-10-20-23(30)26(13-14-27(20)22(19)29)12-11-25(2)33(31,32)18-7-8-18;1-4-32(30,31)24(3)11-12-25-13-14-26-19(22(25)29)10-9-18(21(26)28)20(27)23-15-17-7-5-16(2)6-8-17;1-15-4-6-16(7-5-15)14-23-19(27)17-8-9-18-21(29)25(12-13-26(18)20(17)28)11-10-24(2)22(30)31-3;1-15-4-6-17(7-5-15)14-23-20(28)18-8-9-19-22(30)25(11-10-24(3)16(2)27)12-13-26(19)21(18)29/h3-6,9-10,18H,7-8,11-15H2,1-2H3,(H,24,28);5-10H,4,11-15H2,1-3H3,(H,23,27);4-9H,10-14H2,1-3H3,(H,23,27);4-9H,10-14H2,1-3H3,(H,23,28). The summed E-state index contributed by atoms with van der Waals surface area (Å²) in [5.74, 6) is -3.30. The predicted octanol–water partition coefficient (Wildman–Crippen LogP) is 4.05. The summed E-state index contributed by atoms with van der Waals surface area (Å²) in [6.07, 6.45) is 0.890. The number of methoxy groups -OCH3 is 1. The molecule has 8 heterocycles. The topological polar surface area (TPSA) is 410 Å². The summed E-state index contributed by atoms with van der Waals surface area (Å²) in [7, 11) is 0.934. The maximum absolute atomic E-state index is 12.9. The molecule has 4 aliphatic heterocycles. The average molecular weight is 1770 g/mol. The molecule has 0 saturated heterocycles. The van der Waals surface area contributed by atoms with Crippen molar-refractivity contribution in [2.24, 2.45) is 0 Å². The lowest BCUT2D eigenvalue weighted by molar-refractivity contribution is -0.127. The van der Waals surface area contributed by atoms with Gasteiger partial charge in [-0.1, -0.05) is 119 Å². The molecule has 4 aromatic heterocycles. The van der Waals surface area contributed by atoms with Gasteiger partial charge in [0.2, 0.25) is 26.0 Å². The molecule has 4 N–H and O–H groups in total. The first-order valence-electron chi connectivity index (χ1n) is 41.3. The van der Waals surface area contributed by atoms with Gasteiger partial charge in [0.1, 0.15) is 45.0 Å².